The fraction of sp³-hybridized carbons (Fsp3) is 0.923. The second kappa shape index (κ2) is 5.25. The van der Waals surface area contributed by atoms with Crippen LogP contribution in [0.3, 0.4) is 0 Å². The highest BCUT2D eigenvalue weighted by Gasteiger charge is 2.34. The van der Waals surface area contributed by atoms with Gasteiger partial charge in [0.05, 0.1) is 6.04 Å². The van der Waals surface area contributed by atoms with Crippen LogP contribution in [0.5, 0.6) is 0 Å². The van der Waals surface area contributed by atoms with Gasteiger partial charge in [-0.2, -0.15) is 0 Å². The first kappa shape index (κ1) is 14.3. The van der Waals surface area contributed by atoms with E-state index >= 15 is 0 Å². The van der Waals surface area contributed by atoms with Gasteiger partial charge in [0, 0.05) is 12.6 Å². The maximum Gasteiger partial charge on any atom is 0.410 e. The lowest BCUT2D eigenvalue weighted by atomic mass is 9.89. The van der Waals surface area contributed by atoms with Crippen LogP contribution in [0.4, 0.5) is 4.79 Å². The molecule has 1 aliphatic rings. The summed E-state index contributed by atoms with van der Waals surface area (Å²) in [7, 11) is 0. The molecule has 0 bridgehead atoms. The smallest absolute Gasteiger partial charge is 0.410 e. The predicted molar refractivity (Wildman–Crippen MR) is 68.8 cm³/mol. The third-order valence-electron chi connectivity index (χ3n) is 3.14. The van der Waals surface area contributed by atoms with E-state index < -0.39 is 5.60 Å². The molecule has 3 unspecified atom stereocenters. The molecule has 17 heavy (non-hydrogen) atoms. The molecular formula is C13H26N2O2. The summed E-state index contributed by atoms with van der Waals surface area (Å²) in [6.07, 6.45) is 1.77. The minimum absolute atomic E-state index is 0.00901. The molecule has 1 fully saturated rings. The lowest BCUT2D eigenvalue weighted by Crippen LogP contribution is -2.54. The molecular weight excluding hydrogens is 216 g/mol. The second-order valence-corrected chi connectivity index (χ2v) is 6.23. The number of hydrogen-bond acceptors (Lipinski definition) is 3. The van der Waals surface area contributed by atoms with E-state index in [0.29, 0.717) is 5.92 Å². The quantitative estimate of drug-likeness (QED) is 0.768. The first-order valence-corrected chi connectivity index (χ1v) is 6.46. The van der Waals surface area contributed by atoms with Crippen LogP contribution in [-0.4, -0.2) is 35.2 Å². The van der Waals surface area contributed by atoms with Crippen LogP contribution in [0.15, 0.2) is 0 Å². The van der Waals surface area contributed by atoms with Gasteiger partial charge in [0.25, 0.3) is 0 Å². The number of rotatable bonds is 1. The zero-order valence-corrected chi connectivity index (χ0v) is 11.7. The molecule has 0 spiro atoms. The molecule has 3 atom stereocenters. The normalized spacial score (nSPS) is 27.8. The number of likely N-dealkylation sites (tertiary alicyclic amines) is 1. The molecule has 1 amide bonds. The summed E-state index contributed by atoms with van der Waals surface area (Å²) in [5, 5.41) is 0. The van der Waals surface area contributed by atoms with Crippen LogP contribution in [0, 0.1) is 5.92 Å². The van der Waals surface area contributed by atoms with Gasteiger partial charge >= 0.3 is 6.09 Å². The van der Waals surface area contributed by atoms with E-state index in [9.17, 15) is 4.79 Å². The van der Waals surface area contributed by atoms with Gasteiger partial charge in [-0.3, -0.25) is 0 Å². The molecule has 0 aromatic carbocycles. The van der Waals surface area contributed by atoms with Crippen molar-refractivity contribution in [2.45, 2.75) is 65.1 Å². The summed E-state index contributed by atoms with van der Waals surface area (Å²) in [6, 6.07) is 0.0962. The first-order chi connectivity index (χ1) is 7.70. The number of carbonyl (C=O) groups is 1. The van der Waals surface area contributed by atoms with Crippen LogP contribution in [0.2, 0.25) is 0 Å². The summed E-state index contributed by atoms with van der Waals surface area (Å²) < 4.78 is 5.42. The third-order valence-corrected chi connectivity index (χ3v) is 3.14. The van der Waals surface area contributed by atoms with E-state index in [2.05, 4.69) is 6.92 Å². The fourth-order valence-corrected chi connectivity index (χ4v) is 2.23. The molecule has 0 saturated carbocycles. The minimum Gasteiger partial charge on any atom is -0.444 e. The zero-order chi connectivity index (χ0) is 13.2. The molecule has 2 N–H and O–H groups in total. The van der Waals surface area contributed by atoms with Crippen molar-refractivity contribution in [2.24, 2.45) is 11.7 Å². The summed E-state index contributed by atoms with van der Waals surface area (Å²) >= 11 is 0. The van der Waals surface area contributed by atoms with Gasteiger partial charge in [-0.25, -0.2) is 4.79 Å². The van der Waals surface area contributed by atoms with Crippen molar-refractivity contribution in [3.8, 4) is 0 Å². The summed E-state index contributed by atoms with van der Waals surface area (Å²) in [6.45, 7) is 10.6. The highest BCUT2D eigenvalue weighted by molar-refractivity contribution is 5.68. The Hall–Kier alpha value is -0.770. The topological polar surface area (TPSA) is 55.6 Å². The molecule has 1 rings (SSSR count). The van der Waals surface area contributed by atoms with Gasteiger partial charge < -0.3 is 15.4 Å². The average molecular weight is 242 g/mol. The molecule has 100 valence electrons. The van der Waals surface area contributed by atoms with Crippen molar-refractivity contribution >= 4 is 6.09 Å². The van der Waals surface area contributed by atoms with Crippen LogP contribution in [0.1, 0.15) is 47.5 Å². The van der Waals surface area contributed by atoms with Crippen molar-refractivity contribution in [2.75, 3.05) is 6.54 Å². The minimum atomic E-state index is -0.442. The SMILES string of the molecule is CC1CCN(C(=O)OC(C)(C)C)C(C(C)N)C1. The van der Waals surface area contributed by atoms with E-state index in [4.69, 9.17) is 10.5 Å². The lowest BCUT2D eigenvalue weighted by Gasteiger charge is -2.40. The van der Waals surface area contributed by atoms with Crippen molar-refractivity contribution in [3.63, 3.8) is 0 Å². The van der Waals surface area contributed by atoms with Crippen molar-refractivity contribution in [1.82, 2.24) is 4.90 Å². The highest BCUT2D eigenvalue weighted by atomic mass is 16.6. The number of piperidine rings is 1. The Morgan fingerprint density at radius 2 is 2.06 bits per heavy atom. The lowest BCUT2D eigenvalue weighted by molar-refractivity contribution is 0.00263. The Labute approximate surface area is 104 Å². The predicted octanol–water partition coefficient (Wildman–Crippen LogP) is 2.37. The van der Waals surface area contributed by atoms with Gasteiger partial charge in [0.1, 0.15) is 5.60 Å². The van der Waals surface area contributed by atoms with E-state index in [1.807, 2.05) is 27.7 Å². The Morgan fingerprint density at radius 3 is 2.53 bits per heavy atom. The van der Waals surface area contributed by atoms with E-state index in [-0.39, 0.29) is 18.2 Å². The van der Waals surface area contributed by atoms with Gasteiger partial charge in [-0.1, -0.05) is 6.92 Å². The Kier molecular flexibility index (Phi) is 4.42. The van der Waals surface area contributed by atoms with Crippen molar-refractivity contribution < 1.29 is 9.53 Å². The Bertz CT molecular complexity index is 271. The number of hydrogen-bond donors (Lipinski definition) is 1. The van der Waals surface area contributed by atoms with E-state index in [1.165, 1.54) is 0 Å². The molecule has 4 nitrogen and oxygen atoms in total. The average Bonchev–Trinajstić information content (AvgIpc) is 2.14. The summed E-state index contributed by atoms with van der Waals surface area (Å²) in [4.78, 5) is 13.9. The highest BCUT2D eigenvalue weighted by Crippen LogP contribution is 2.25. The second-order valence-electron chi connectivity index (χ2n) is 6.23. The van der Waals surface area contributed by atoms with E-state index in [1.54, 1.807) is 4.90 Å². The van der Waals surface area contributed by atoms with Crippen LogP contribution in [0.25, 0.3) is 0 Å². The van der Waals surface area contributed by atoms with Gasteiger partial charge in [-0.15, -0.1) is 0 Å². The molecule has 1 aliphatic heterocycles. The maximum absolute atomic E-state index is 12.1. The standard InChI is InChI=1S/C13H26N2O2/c1-9-6-7-15(11(8-9)10(2)14)12(16)17-13(3,4)5/h9-11H,6-8,14H2,1-5H3. The maximum atomic E-state index is 12.1. The molecule has 1 heterocycles. The number of nitrogens with zero attached hydrogens (tertiary/aromatic N) is 1. The third kappa shape index (κ3) is 4.19. The largest absolute Gasteiger partial charge is 0.444 e. The number of ether oxygens (including phenoxy) is 1. The van der Waals surface area contributed by atoms with Gasteiger partial charge in [-0.05, 0) is 46.5 Å². The van der Waals surface area contributed by atoms with E-state index in [0.717, 1.165) is 19.4 Å². The molecule has 0 aromatic heterocycles. The van der Waals surface area contributed by atoms with Crippen LogP contribution < -0.4 is 5.73 Å². The molecule has 4 heteroatoms. The number of nitrogens with two attached hydrogens (primary N) is 1. The molecule has 0 radical (unpaired) electrons. The van der Waals surface area contributed by atoms with Crippen LogP contribution >= 0.6 is 0 Å². The summed E-state index contributed by atoms with van der Waals surface area (Å²) in [5.41, 5.74) is 5.53. The monoisotopic (exact) mass is 242 g/mol. The van der Waals surface area contributed by atoms with Crippen molar-refractivity contribution in [3.05, 3.63) is 0 Å². The van der Waals surface area contributed by atoms with Gasteiger partial charge in [0.2, 0.25) is 0 Å². The van der Waals surface area contributed by atoms with Gasteiger partial charge in [0.15, 0.2) is 0 Å². The zero-order valence-electron chi connectivity index (χ0n) is 11.7. The summed E-state index contributed by atoms with van der Waals surface area (Å²) in [5.74, 6) is 0.629. The fourth-order valence-electron chi connectivity index (χ4n) is 2.23. The Balaban J connectivity index is 2.70. The number of amides is 1. The van der Waals surface area contributed by atoms with Crippen molar-refractivity contribution in [1.29, 1.82) is 0 Å². The molecule has 1 saturated heterocycles. The molecule has 0 aromatic rings. The van der Waals surface area contributed by atoms with Crippen LogP contribution in [-0.2, 0) is 4.74 Å². The molecule has 0 aliphatic carbocycles. The number of carbonyl (C=O) groups excluding carboxylic acids is 1. The Morgan fingerprint density at radius 1 is 1.47 bits per heavy atom. The first-order valence-electron chi connectivity index (χ1n) is 6.46.